The molecule has 130 valence electrons. The van der Waals surface area contributed by atoms with Crippen molar-refractivity contribution in [1.29, 1.82) is 0 Å². The van der Waals surface area contributed by atoms with Gasteiger partial charge in [-0.3, -0.25) is 4.79 Å². The zero-order valence-electron chi connectivity index (χ0n) is 14.6. The molecule has 0 aromatic carbocycles. The van der Waals surface area contributed by atoms with Crippen LogP contribution in [0.4, 0.5) is 0 Å². The Labute approximate surface area is 139 Å². The van der Waals surface area contributed by atoms with Crippen LogP contribution >= 0.6 is 0 Å². The Morgan fingerprint density at radius 1 is 0.913 bits per heavy atom. The Bertz CT molecular complexity index is 503. The van der Waals surface area contributed by atoms with Crippen LogP contribution in [0.3, 0.4) is 0 Å². The van der Waals surface area contributed by atoms with E-state index in [1.165, 1.54) is 25.7 Å². The van der Waals surface area contributed by atoms with Gasteiger partial charge in [0.1, 0.15) is 0 Å². The standard InChI is InChI=1S/C20H32O3/c1-19-9-7-13(21)11-12(19)3-4-14-15-5-6-17(18(22)23)20(15,2)10-8-16(14)19/h12-17,21H,3-11H2,1-2H3,(H,22,23)/t12-,13-,14-,15-,16-,17?,19-,20-/m0/s1. The average Bonchev–Trinajstić information content (AvgIpc) is 2.85. The van der Waals surface area contributed by atoms with Gasteiger partial charge in [-0.2, -0.15) is 0 Å². The molecule has 0 bridgehead atoms. The Kier molecular flexibility index (Phi) is 3.61. The predicted octanol–water partition coefficient (Wildman–Crippen LogP) is 4.09. The van der Waals surface area contributed by atoms with E-state index in [0.717, 1.165) is 43.9 Å². The van der Waals surface area contributed by atoms with Crippen LogP contribution in [0.2, 0.25) is 0 Å². The van der Waals surface area contributed by atoms with Gasteiger partial charge < -0.3 is 10.2 Å². The monoisotopic (exact) mass is 320 g/mol. The maximum Gasteiger partial charge on any atom is 0.307 e. The van der Waals surface area contributed by atoms with Crippen LogP contribution in [0.25, 0.3) is 0 Å². The first-order chi connectivity index (χ1) is 10.9. The molecule has 0 aromatic heterocycles. The number of aliphatic hydroxyl groups excluding tert-OH is 1. The van der Waals surface area contributed by atoms with Crippen molar-refractivity contribution in [2.45, 2.75) is 77.7 Å². The Morgan fingerprint density at radius 2 is 1.61 bits per heavy atom. The van der Waals surface area contributed by atoms with E-state index in [0.29, 0.717) is 17.3 Å². The van der Waals surface area contributed by atoms with Crippen LogP contribution in [-0.4, -0.2) is 22.3 Å². The molecular weight excluding hydrogens is 288 g/mol. The summed E-state index contributed by atoms with van der Waals surface area (Å²) >= 11 is 0. The summed E-state index contributed by atoms with van der Waals surface area (Å²) in [6.45, 7) is 4.77. The number of hydrogen-bond donors (Lipinski definition) is 2. The first-order valence-electron chi connectivity index (χ1n) is 9.77. The van der Waals surface area contributed by atoms with Crippen LogP contribution in [0.1, 0.15) is 71.6 Å². The van der Waals surface area contributed by atoms with Gasteiger partial charge in [0.25, 0.3) is 0 Å². The van der Waals surface area contributed by atoms with Crippen molar-refractivity contribution in [3.8, 4) is 0 Å². The van der Waals surface area contributed by atoms with Crippen molar-refractivity contribution >= 4 is 5.97 Å². The van der Waals surface area contributed by atoms with E-state index in [-0.39, 0.29) is 17.4 Å². The van der Waals surface area contributed by atoms with Crippen LogP contribution in [-0.2, 0) is 4.79 Å². The molecule has 3 heteroatoms. The van der Waals surface area contributed by atoms with Crippen LogP contribution in [0.15, 0.2) is 0 Å². The lowest BCUT2D eigenvalue weighted by Gasteiger charge is -2.60. The Balaban J connectivity index is 1.61. The lowest BCUT2D eigenvalue weighted by Crippen LogP contribution is -2.54. The van der Waals surface area contributed by atoms with Crippen LogP contribution in [0, 0.1) is 40.4 Å². The molecule has 0 spiro atoms. The molecule has 4 aliphatic carbocycles. The van der Waals surface area contributed by atoms with Gasteiger partial charge in [-0.25, -0.2) is 0 Å². The van der Waals surface area contributed by atoms with E-state index in [1.54, 1.807) is 0 Å². The number of rotatable bonds is 1. The average molecular weight is 320 g/mol. The van der Waals surface area contributed by atoms with Crippen molar-refractivity contribution in [1.82, 2.24) is 0 Å². The second-order valence-electron chi connectivity index (χ2n) is 9.60. The Hall–Kier alpha value is -0.570. The third-order valence-corrected chi connectivity index (χ3v) is 8.94. The minimum absolute atomic E-state index is 0.0321. The SMILES string of the molecule is C[C@]12CC[C@H](O)C[C@@H]1CC[C@@H]1[C@@H]2CC[C@]2(C)C(C(=O)O)CC[C@@H]12. The van der Waals surface area contributed by atoms with Gasteiger partial charge in [0.15, 0.2) is 0 Å². The summed E-state index contributed by atoms with van der Waals surface area (Å²) in [4.78, 5) is 11.7. The van der Waals surface area contributed by atoms with Gasteiger partial charge in [-0.15, -0.1) is 0 Å². The van der Waals surface area contributed by atoms with E-state index in [4.69, 9.17) is 0 Å². The second kappa shape index (κ2) is 5.21. The summed E-state index contributed by atoms with van der Waals surface area (Å²) in [7, 11) is 0. The summed E-state index contributed by atoms with van der Waals surface area (Å²) in [6, 6.07) is 0. The minimum atomic E-state index is -0.561. The van der Waals surface area contributed by atoms with Gasteiger partial charge in [0, 0.05) is 0 Å². The number of fused-ring (bicyclic) bond motifs is 5. The largest absolute Gasteiger partial charge is 0.481 e. The van der Waals surface area contributed by atoms with Crippen molar-refractivity contribution < 1.29 is 15.0 Å². The van der Waals surface area contributed by atoms with Gasteiger partial charge in [-0.1, -0.05) is 13.8 Å². The van der Waals surface area contributed by atoms with E-state index in [9.17, 15) is 15.0 Å². The quantitative estimate of drug-likeness (QED) is 0.765. The van der Waals surface area contributed by atoms with Crippen LogP contribution < -0.4 is 0 Å². The van der Waals surface area contributed by atoms with Crippen molar-refractivity contribution in [2.75, 3.05) is 0 Å². The summed E-state index contributed by atoms with van der Waals surface area (Å²) in [5.41, 5.74) is 0.426. The van der Waals surface area contributed by atoms with E-state index in [2.05, 4.69) is 13.8 Å². The van der Waals surface area contributed by atoms with Gasteiger partial charge in [-0.05, 0) is 92.3 Å². The molecule has 1 unspecified atom stereocenters. The second-order valence-corrected chi connectivity index (χ2v) is 9.60. The molecule has 8 atom stereocenters. The van der Waals surface area contributed by atoms with Crippen molar-refractivity contribution in [3.63, 3.8) is 0 Å². The molecular formula is C20H32O3. The molecule has 4 saturated carbocycles. The van der Waals surface area contributed by atoms with Crippen LogP contribution in [0.5, 0.6) is 0 Å². The van der Waals surface area contributed by atoms with Crippen molar-refractivity contribution in [3.05, 3.63) is 0 Å². The predicted molar refractivity (Wildman–Crippen MR) is 88.9 cm³/mol. The highest BCUT2D eigenvalue weighted by Gasteiger charge is 2.61. The van der Waals surface area contributed by atoms with Crippen molar-refractivity contribution in [2.24, 2.45) is 40.4 Å². The first kappa shape index (κ1) is 15.9. The maximum absolute atomic E-state index is 11.7. The number of hydrogen-bond acceptors (Lipinski definition) is 2. The fraction of sp³-hybridized carbons (Fsp3) is 0.950. The summed E-state index contributed by atoms with van der Waals surface area (Å²) in [5.74, 6) is 2.12. The lowest BCUT2D eigenvalue weighted by atomic mass is 9.44. The summed E-state index contributed by atoms with van der Waals surface area (Å²) < 4.78 is 0. The molecule has 0 saturated heterocycles. The summed E-state index contributed by atoms with van der Waals surface area (Å²) in [6.07, 6.45) is 9.90. The van der Waals surface area contributed by atoms with E-state index >= 15 is 0 Å². The molecule has 0 aromatic rings. The molecule has 0 radical (unpaired) electrons. The highest BCUT2D eigenvalue weighted by atomic mass is 16.4. The smallest absolute Gasteiger partial charge is 0.307 e. The molecule has 23 heavy (non-hydrogen) atoms. The number of carbonyl (C=O) groups is 1. The fourth-order valence-electron chi connectivity index (χ4n) is 7.64. The van der Waals surface area contributed by atoms with E-state index in [1.807, 2.05) is 0 Å². The van der Waals surface area contributed by atoms with E-state index < -0.39 is 5.97 Å². The minimum Gasteiger partial charge on any atom is -0.481 e. The molecule has 2 N–H and O–H groups in total. The number of aliphatic hydroxyl groups is 1. The Morgan fingerprint density at radius 3 is 2.35 bits per heavy atom. The number of carboxylic acid groups (broad SMARTS) is 1. The van der Waals surface area contributed by atoms with Gasteiger partial charge >= 0.3 is 5.97 Å². The number of aliphatic carboxylic acids is 1. The molecule has 4 fully saturated rings. The lowest BCUT2D eigenvalue weighted by molar-refractivity contribution is -0.154. The third-order valence-electron chi connectivity index (χ3n) is 8.94. The normalized spacial score (nSPS) is 55.6. The molecule has 4 aliphatic rings. The first-order valence-corrected chi connectivity index (χ1v) is 9.77. The van der Waals surface area contributed by atoms with Gasteiger partial charge in [0.2, 0.25) is 0 Å². The summed E-state index contributed by atoms with van der Waals surface area (Å²) in [5, 5.41) is 19.7. The highest BCUT2D eigenvalue weighted by molar-refractivity contribution is 5.71. The number of carboxylic acids is 1. The highest BCUT2D eigenvalue weighted by Crippen LogP contribution is 2.67. The topological polar surface area (TPSA) is 57.5 Å². The third kappa shape index (κ3) is 2.14. The molecule has 0 amide bonds. The molecule has 0 heterocycles. The zero-order chi connectivity index (χ0) is 16.4. The molecule has 4 rings (SSSR count). The van der Waals surface area contributed by atoms with Gasteiger partial charge in [0.05, 0.1) is 12.0 Å². The fourth-order valence-corrected chi connectivity index (χ4v) is 7.64. The molecule has 0 aliphatic heterocycles. The maximum atomic E-state index is 11.7. The zero-order valence-corrected chi connectivity index (χ0v) is 14.6. The molecule has 3 nitrogen and oxygen atoms in total.